The summed E-state index contributed by atoms with van der Waals surface area (Å²) < 4.78 is 0. The Balaban J connectivity index is 1.91. The summed E-state index contributed by atoms with van der Waals surface area (Å²) in [5, 5.41) is 0. The van der Waals surface area contributed by atoms with Crippen LogP contribution in [0.2, 0.25) is 0 Å². The second kappa shape index (κ2) is 4.47. The van der Waals surface area contributed by atoms with Gasteiger partial charge in [0.05, 0.1) is 0 Å². The molecule has 0 spiro atoms. The van der Waals surface area contributed by atoms with Gasteiger partial charge in [0.15, 0.2) is 5.78 Å². The van der Waals surface area contributed by atoms with Gasteiger partial charge in [-0.15, -0.1) is 0 Å². The molecule has 0 aromatic carbocycles. The molecule has 0 N–H and O–H groups in total. The molecule has 94 valence electrons. The first-order valence-electron chi connectivity index (χ1n) is 7.28. The second-order valence-corrected chi connectivity index (χ2v) is 5.96. The number of hydrogen-bond acceptors (Lipinski definition) is 2. The first-order valence-corrected chi connectivity index (χ1v) is 7.28. The van der Waals surface area contributed by atoms with E-state index in [4.69, 9.17) is 0 Å². The van der Waals surface area contributed by atoms with E-state index in [1.807, 2.05) is 0 Å². The van der Waals surface area contributed by atoms with Crippen LogP contribution in [0.4, 0.5) is 0 Å². The van der Waals surface area contributed by atoms with Gasteiger partial charge in [-0.2, -0.15) is 0 Å². The predicted molar refractivity (Wildman–Crippen MR) is 68.6 cm³/mol. The van der Waals surface area contributed by atoms with Crippen LogP contribution in [0.15, 0.2) is 11.3 Å². The van der Waals surface area contributed by atoms with Crippen LogP contribution in [0.3, 0.4) is 0 Å². The van der Waals surface area contributed by atoms with E-state index < -0.39 is 0 Å². The van der Waals surface area contributed by atoms with Gasteiger partial charge < -0.3 is 4.90 Å². The van der Waals surface area contributed by atoms with E-state index in [0.29, 0.717) is 17.7 Å². The van der Waals surface area contributed by atoms with Crippen molar-refractivity contribution >= 4 is 5.78 Å². The van der Waals surface area contributed by atoms with Gasteiger partial charge in [-0.3, -0.25) is 4.79 Å². The molecule has 2 aliphatic heterocycles. The summed E-state index contributed by atoms with van der Waals surface area (Å²) in [6.07, 6.45) is 10.0. The molecule has 17 heavy (non-hydrogen) atoms. The lowest BCUT2D eigenvalue weighted by atomic mass is 9.81. The number of rotatable bonds is 1. The van der Waals surface area contributed by atoms with Crippen LogP contribution in [0.1, 0.15) is 58.3 Å². The Morgan fingerprint density at radius 3 is 2.59 bits per heavy atom. The highest BCUT2D eigenvalue weighted by Crippen LogP contribution is 2.40. The number of nitrogens with zero attached hydrogens (tertiary/aromatic N) is 1. The Bertz CT molecular complexity index is 352. The first kappa shape index (κ1) is 11.3. The van der Waals surface area contributed by atoms with Crippen molar-refractivity contribution in [3.05, 3.63) is 11.3 Å². The Morgan fingerprint density at radius 1 is 1.06 bits per heavy atom. The maximum Gasteiger partial charge on any atom is 0.162 e. The van der Waals surface area contributed by atoms with E-state index in [9.17, 15) is 4.79 Å². The minimum atomic E-state index is 0.425. The van der Waals surface area contributed by atoms with Crippen LogP contribution < -0.4 is 0 Å². The molecule has 2 nitrogen and oxygen atoms in total. The lowest BCUT2D eigenvalue weighted by Gasteiger charge is -2.39. The summed E-state index contributed by atoms with van der Waals surface area (Å²) in [6, 6.07) is 0.545. The van der Waals surface area contributed by atoms with Crippen LogP contribution in [0.5, 0.6) is 0 Å². The Hall–Kier alpha value is -0.790. The number of allylic oxidation sites excluding steroid dienone is 2. The Morgan fingerprint density at radius 2 is 1.82 bits per heavy atom. The summed E-state index contributed by atoms with van der Waals surface area (Å²) in [5.74, 6) is 1.11. The van der Waals surface area contributed by atoms with E-state index in [1.54, 1.807) is 0 Å². The van der Waals surface area contributed by atoms with Crippen molar-refractivity contribution in [1.82, 2.24) is 4.90 Å². The highest BCUT2D eigenvalue weighted by atomic mass is 16.1. The highest BCUT2D eigenvalue weighted by Gasteiger charge is 2.37. The van der Waals surface area contributed by atoms with Gasteiger partial charge in [0.25, 0.3) is 0 Å². The van der Waals surface area contributed by atoms with E-state index in [1.165, 1.54) is 57.2 Å². The number of ketones is 1. The normalized spacial score (nSPS) is 31.0. The molecule has 0 unspecified atom stereocenters. The molecule has 0 amide bonds. The minimum Gasteiger partial charge on any atom is -0.371 e. The number of fused-ring (bicyclic) bond motifs is 1. The van der Waals surface area contributed by atoms with Crippen molar-refractivity contribution in [3.63, 3.8) is 0 Å². The van der Waals surface area contributed by atoms with E-state index in [-0.39, 0.29) is 0 Å². The lowest BCUT2D eigenvalue weighted by molar-refractivity contribution is -0.117. The van der Waals surface area contributed by atoms with E-state index in [0.717, 1.165) is 12.0 Å². The predicted octanol–water partition coefficient (Wildman–Crippen LogP) is 3.28. The fraction of sp³-hybridized carbons (Fsp3) is 0.800. The van der Waals surface area contributed by atoms with Crippen molar-refractivity contribution in [2.45, 2.75) is 64.3 Å². The lowest BCUT2D eigenvalue weighted by Crippen LogP contribution is -2.39. The third-order valence-electron chi connectivity index (χ3n) is 4.90. The number of hydrogen-bond donors (Lipinski definition) is 0. The third-order valence-corrected chi connectivity index (χ3v) is 4.90. The zero-order valence-electron chi connectivity index (χ0n) is 10.9. The molecule has 3 rings (SSSR count). The fourth-order valence-electron chi connectivity index (χ4n) is 4.01. The summed E-state index contributed by atoms with van der Waals surface area (Å²) >= 11 is 0. The van der Waals surface area contributed by atoms with Crippen molar-refractivity contribution in [2.24, 2.45) is 5.92 Å². The third kappa shape index (κ3) is 1.92. The number of carbonyl (C=O) groups is 1. The minimum absolute atomic E-state index is 0.425. The maximum atomic E-state index is 12.1. The molecule has 1 aliphatic carbocycles. The smallest absolute Gasteiger partial charge is 0.162 e. The van der Waals surface area contributed by atoms with Crippen molar-refractivity contribution in [1.29, 1.82) is 0 Å². The molecule has 2 fully saturated rings. The van der Waals surface area contributed by atoms with Crippen LogP contribution >= 0.6 is 0 Å². The van der Waals surface area contributed by atoms with Gasteiger partial charge in [-0.1, -0.05) is 19.3 Å². The molecule has 1 atom stereocenters. The molecule has 0 aromatic rings. The average Bonchev–Trinajstić information content (AvgIpc) is 2.79. The molecule has 0 bridgehead atoms. The number of carbonyl (C=O) groups excluding carboxylic acids is 1. The molecule has 2 heteroatoms. The summed E-state index contributed by atoms with van der Waals surface area (Å²) in [7, 11) is 0. The van der Waals surface area contributed by atoms with Crippen molar-refractivity contribution in [3.8, 4) is 0 Å². The van der Waals surface area contributed by atoms with Crippen LogP contribution in [-0.4, -0.2) is 23.3 Å². The van der Waals surface area contributed by atoms with Crippen LogP contribution in [-0.2, 0) is 4.79 Å². The first-order chi connectivity index (χ1) is 8.27. The zero-order chi connectivity index (χ0) is 11.8. The molecule has 1 saturated carbocycles. The average molecular weight is 233 g/mol. The van der Waals surface area contributed by atoms with Gasteiger partial charge in [0.2, 0.25) is 0 Å². The Kier molecular flexibility index (Phi) is 2.97. The molecular formula is C15H23NO. The van der Waals surface area contributed by atoms with E-state index >= 15 is 0 Å². The number of Topliss-reactive ketones (excluding diaryl/α,β-unsaturated/α-hetero) is 1. The van der Waals surface area contributed by atoms with Crippen molar-refractivity contribution < 1.29 is 4.79 Å². The zero-order valence-corrected chi connectivity index (χ0v) is 10.9. The summed E-state index contributed by atoms with van der Waals surface area (Å²) in [6.45, 7) is 3.27. The van der Waals surface area contributed by atoms with Gasteiger partial charge in [0.1, 0.15) is 0 Å². The monoisotopic (exact) mass is 233 g/mol. The van der Waals surface area contributed by atoms with Crippen molar-refractivity contribution in [2.75, 3.05) is 6.54 Å². The maximum absolute atomic E-state index is 12.1. The molecule has 0 radical (unpaired) electrons. The van der Waals surface area contributed by atoms with Gasteiger partial charge in [-0.05, 0) is 38.5 Å². The van der Waals surface area contributed by atoms with E-state index in [2.05, 4.69) is 11.8 Å². The largest absolute Gasteiger partial charge is 0.371 e. The van der Waals surface area contributed by atoms with Crippen LogP contribution in [0, 0.1) is 5.92 Å². The molecule has 2 heterocycles. The molecule has 1 saturated heterocycles. The standard InChI is InChI=1S/C15H23NO/c1-11-14(17)10-13-8-5-9-16(13)15(11)12-6-3-2-4-7-12/h12-13H,2-10H2,1H3/t13-/m1/s1. The quantitative estimate of drug-likeness (QED) is 0.692. The molecule has 0 aromatic heterocycles. The van der Waals surface area contributed by atoms with Gasteiger partial charge >= 0.3 is 0 Å². The summed E-state index contributed by atoms with van der Waals surface area (Å²) in [4.78, 5) is 14.7. The molecular weight excluding hydrogens is 210 g/mol. The molecule has 3 aliphatic rings. The second-order valence-electron chi connectivity index (χ2n) is 5.96. The SMILES string of the molecule is CC1=C(C2CCCCC2)N2CCC[C@@H]2CC1=O. The fourth-order valence-corrected chi connectivity index (χ4v) is 4.01. The van der Waals surface area contributed by atoms with Gasteiger partial charge in [-0.25, -0.2) is 0 Å². The van der Waals surface area contributed by atoms with Crippen LogP contribution in [0.25, 0.3) is 0 Å². The summed E-state index contributed by atoms with van der Waals surface area (Å²) in [5.41, 5.74) is 2.54. The van der Waals surface area contributed by atoms with Gasteiger partial charge in [0, 0.05) is 30.3 Å². The topological polar surface area (TPSA) is 20.3 Å². The highest BCUT2D eigenvalue weighted by molar-refractivity contribution is 5.96. The Labute approximate surface area is 104 Å².